The van der Waals surface area contributed by atoms with E-state index in [-0.39, 0.29) is 5.92 Å². The molecule has 0 aliphatic rings. The van der Waals surface area contributed by atoms with Crippen molar-refractivity contribution >= 4 is 5.97 Å². The molecule has 0 spiro atoms. The van der Waals surface area contributed by atoms with Gasteiger partial charge in [-0.1, -0.05) is 37.3 Å². The summed E-state index contributed by atoms with van der Waals surface area (Å²) in [4.78, 5) is 10.5. The number of aliphatic carboxylic acids is 1. The highest BCUT2D eigenvalue weighted by Gasteiger charge is 2.09. The van der Waals surface area contributed by atoms with Crippen molar-refractivity contribution in [1.29, 1.82) is 0 Å². The maximum atomic E-state index is 10.5. The summed E-state index contributed by atoms with van der Waals surface area (Å²) in [6.45, 7) is 1.76. The van der Waals surface area contributed by atoms with E-state index in [1.807, 2.05) is 18.2 Å². The number of carboxylic acids is 1. The molecule has 0 radical (unpaired) electrons. The zero-order valence-electron chi connectivity index (χ0n) is 8.44. The van der Waals surface area contributed by atoms with E-state index < -0.39 is 5.97 Å². The standard InChI is InChI=1S/C12H16O2/c1-10(12(13)14)6-5-9-11-7-3-2-4-8-11/h2-4,7-8,10H,5-6,9H2,1H3,(H,13,14). The molecule has 0 aromatic heterocycles. The number of rotatable bonds is 5. The highest BCUT2D eigenvalue weighted by molar-refractivity contribution is 5.69. The third kappa shape index (κ3) is 3.60. The summed E-state index contributed by atoms with van der Waals surface area (Å²) in [5, 5.41) is 8.68. The van der Waals surface area contributed by atoms with Crippen molar-refractivity contribution in [3.05, 3.63) is 35.9 Å². The summed E-state index contributed by atoms with van der Waals surface area (Å²) in [6, 6.07) is 10.2. The lowest BCUT2D eigenvalue weighted by molar-refractivity contribution is -0.141. The SMILES string of the molecule is CC(CCCc1ccccc1)C(=O)O. The molecular formula is C12H16O2. The molecule has 0 fully saturated rings. The van der Waals surface area contributed by atoms with E-state index in [1.54, 1.807) is 6.92 Å². The molecule has 14 heavy (non-hydrogen) atoms. The van der Waals surface area contributed by atoms with Gasteiger partial charge >= 0.3 is 5.97 Å². The lowest BCUT2D eigenvalue weighted by Crippen LogP contribution is -2.09. The minimum absolute atomic E-state index is 0.223. The van der Waals surface area contributed by atoms with Gasteiger partial charge in [-0.2, -0.15) is 0 Å². The second-order valence-corrected chi connectivity index (χ2v) is 3.62. The third-order valence-corrected chi connectivity index (χ3v) is 2.37. The Balaban J connectivity index is 2.26. The third-order valence-electron chi connectivity index (χ3n) is 2.37. The van der Waals surface area contributed by atoms with E-state index in [0.717, 1.165) is 19.3 Å². The van der Waals surface area contributed by atoms with Gasteiger partial charge in [0.25, 0.3) is 0 Å². The van der Waals surface area contributed by atoms with Crippen molar-refractivity contribution in [2.45, 2.75) is 26.2 Å². The smallest absolute Gasteiger partial charge is 0.306 e. The highest BCUT2D eigenvalue weighted by Crippen LogP contribution is 2.10. The van der Waals surface area contributed by atoms with Crippen LogP contribution >= 0.6 is 0 Å². The van der Waals surface area contributed by atoms with Crippen LogP contribution in [0.2, 0.25) is 0 Å². The summed E-state index contributed by atoms with van der Waals surface area (Å²) < 4.78 is 0. The van der Waals surface area contributed by atoms with Gasteiger partial charge in [-0.15, -0.1) is 0 Å². The second kappa shape index (κ2) is 5.43. The van der Waals surface area contributed by atoms with Gasteiger partial charge in [0.05, 0.1) is 5.92 Å². The van der Waals surface area contributed by atoms with Gasteiger partial charge < -0.3 is 5.11 Å². The van der Waals surface area contributed by atoms with Gasteiger partial charge in [-0.25, -0.2) is 0 Å². The summed E-state index contributed by atoms with van der Waals surface area (Å²) in [7, 11) is 0. The minimum atomic E-state index is -0.696. The number of carboxylic acid groups (broad SMARTS) is 1. The Hall–Kier alpha value is -1.31. The largest absolute Gasteiger partial charge is 0.481 e. The molecule has 0 saturated heterocycles. The Labute approximate surface area is 84.6 Å². The number of aryl methyl sites for hydroxylation is 1. The zero-order valence-corrected chi connectivity index (χ0v) is 8.44. The predicted molar refractivity (Wildman–Crippen MR) is 56.2 cm³/mol. The van der Waals surface area contributed by atoms with E-state index in [9.17, 15) is 4.79 Å². The molecule has 0 heterocycles. The molecule has 1 unspecified atom stereocenters. The lowest BCUT2D eigenvalue weighted by Gasteiger charge is -2.05. The first-order chi connectivity index (χ1) is 6.70. The van der Waals surface area contributed by atoms with E-state index >= 15 is 0 Å². The Morgan fingerprint density at radius 2 is 2.00 bits per heavy atom. The Morgan fingerprint density at radius 1 is 1.36 bits per heavy atom. The van der Waals surface area contributed by atoms with Crippen molar-refractivity contribution in [2.24, 2.45) is 5.92 Å². The molecule has 1 N–H and O–H groups in total. The lowest BCUT2D eigenvalue weighted by atomic mass is 10.0. The first kappa shape index (κ1) is 10.8. The van der Waals surface area contributed by atoms with E-state index in [1.165, 1.54) is 5.56 Å². The summed E-state index contributed by atoms with van der Waals surface area (Å²) in [5.74, 6) is -0.920. The molecule has 1 aromatic rings. The normalized spacial score (nSPS) is 12.4. The number of carbonyl (C=O) groups is 1. The maximum Gasteiger partial charge on any atom is 0.306 e. The highest BCUT2D eigenvalue weighted by atomic mass is 16.4. The molecule has 0 aliphatic heterocycles. The molecule has 2 nitrogen and oxygen atoms in total. The van der Waals surface area contributed by atoms with Crippen LogP contribution in [0.1, 0.15) is 25.3 Å². The van der Waals surface area contributed by atoms with Crippen molar-refractivity contribution in [2.75, 3.05) is 0 Å². The summed E-state index contributed by atoms with van der Waals surface area (Å²) >= 11 is 0. The minimum Gasteiger partial charge on any atom is -0.481 e. The van der Waals surface area contributed by atoms with Crippen molar-refractivity contribution in [3.63, 3.8) is 0 Å². The van der Waals surface area contributed by atoms with E-state index in [2.05, 4.69) is 12.1 Å². The second-order valence-electron chi connectivity index (χ2n) is 3.62. The molecule has 2 heteroatoms. The van der Waals surface area contributed by atoms with Gasteiger partial charge in [0.15, 0.2) is 0 Å². The fraction of sp³-hybridized carbons (Fsp3) is 0.417. The molecular weight excluding hydrogens is 176 g/mol. The number of benzene rings is 1. The molecule has 0 aliphatic carbocycles. The topological polar surface area (TPSA) is 37.3 Å². The van der Waals surface area contributed by atoms with Gasteiger partial charge in [0, 0.05) is 0 Å². The average Bonchev–Trinajstić information content (AvgIpc) is 2.19. The predicted octanol–water partition coefficient (Wildman–Crippen LogP) is 2.73. The van der Waals surface area contributed by atoms with Crippen LogP contribution in [0.25, 0.3) is 0 Å². The Morgan fingerprint density at radius 3 is 2.57 bits per heavy atom. The molecule has 1 atom stereocenters. The number of hydrogen-bond donors (Lipinski definition) is 1. The fourth-order valence-corrected chi connectivity index (χ4v) is 1.38. The van der Waals surface area contributed by atoms with Crippen LogP contribution in [0.3, 0.4) is 0 Å². The molecule has 0 bridgehead atoms. The van der Waals surface area contributed by atoms with Gasteiger partial charge in [0.1, 0.15) is 0 Å². The number of hydrogen-bond acceptors (Lipinski definition) is 1. The molecule has 1 aromatic carbocycles. The quantitative estimate of drug-likeness (QED) is 0.778. The van der Waals surface area contributed by atoms with Crippen LogP contribution < -0.4 is 0 Å². The van der Waals surface area contributed by atoms with Gasteiger partial charge in [0.2, 0.25) is 0 Å². The van der Waals surface area contributed by atoms with Crippen LogP contribution in [-0.2, 0) is 11.2 Å². The van der Waals surface area contributed by atoms with Crippen LogP contribution in [0, 0.1) is 5.92 Å². The summed E-state index contributed by atoms with van der Waals surface area (Å²) in [6.07, 6.45) is 2.67. The maximum absolute atomic E-state index is 10.5. The Bertz CT molecular complexity index is 280. The van der Waals surface area contributed by atoms with Crippen LogP contribution in [-0.4, -0.2) is 11.1 Å². The molecule has 0 amide bonds. The van der Waals surface area contributed by atoms with Crippen LogP contribution in [0.5, 0.6) is 0 Å². The van der Waals surface area contributed by atoms with Crippen molar-refractivity contribution < 1.29 is 9.90 Å². The molecule has 76 valence electrons. The van der Waals surface area contributed by atoms with Gasteiger partial charge in [-0.3, -0.25) is 4.79 Å². The first-order valence-electron chi connectivity index (χ1n) is 4.97. The van der Waals surface area contributed by atoms with Gasteiger partial charge in [-0.05, 0) is 24.8 Å². The molecule has 0 saturated carbocycles. The molecule has 1 rings (SSSR count). The van der Waals surface area contributed by atoms with Crippen molar-refractivity contribution in [1.82, 2.24) is 0 Å². The first-order valence-corrected chi connectivity index (χ1v) is 4.97. The Kier molecular flexibility index (Phi) is 4.17. The monoisotopic (exact) mass is 192 g/mol. The average molecular weight is 192 g/mol. The van der Waals surface area contributed by atoms with Crippen molar-refractivity contribution in [3.8, 4) is 0 Å². The van der Waals surface area contributed by atoms with E-state index in [4.69, 9.17) is 5.11 Å². The zero-order chi connectivity index (χ0) is 10.4. The van der Waals surface area contributed by atoms with E-state index in [0.29, 0.717) is 0 Å². The fourth-order valence-electron chi connectivity index (χ4n) is 1.38. The van der Waals surface area contributed by atoms with Crippen LogP contribution in [0.15, 0.2) is 30.3 Å². The summed E-state index contributed by atoms with van der Waals surface area (Å²) in [5.41, 5.74) is 1.28. The van der Waals surface area contributed by atoms with Crippen LogP contribution in [0.4, 0.5) is 0 Å².